The fraction of sp³-hybridized carbons (Fsp3) is 0.278. The summed E-state index contributed by atoms with van der Waals surface area (Å²) in [5.41, 5.74) is 1.65. The van der Waals surface area contributed by atoms with Crippen LogP contribution in [-0.4, -0.2) is 19.1 Å². The molecule has 1 atom stereocenters. The Labute approximate surface area is 141 Å². The van der Waals surface area contributed by atoms with Gasteiger partial charge in [-0.15, -0.1) is 0 Å². The van der Waals surface area contributed by atoms with Crippen molar-refractivity contribution in [3.8, 4) is 11.5 Å². The predicted molar refractivity (Wildman–Crippen MR) is 92.5 cm³/mol. The number of ether oxygens (including phenoxy) is 2. The van der Waals surface area contributed by atoms with Gasteiger partial charge in [0.25, 0.3) is 5.91 Å². The second-order valence-corrected chi connectivity index (χ2v) is 5.55. The molecule has 4 nitrogen and oxygen atoms in total. The van der Waals surface area contributed by atoms with E-state index >= 15 is 0 Å². The van der Waals surface area contributed by atoms with Crippen molar-refractivity contribution < 1.29 is 14.3 Å². The van der Waals surface area contributed by atoms with E-state index in [-0.39, 0.29) is 5.91 Å². The maximum absolute atomic E-state index is 12.5. The molecule has 122 valence electrons. The zero-order chi connectivity index (χ0) is 16.8. The molecule has 2 aromatic carbocycles. The highest BCUT2D eigenvalue weighted by atomic mass is 35.5. The second-order valence-electron chi connectivity index (χ2n) is 5.14. The van der Waals surface area contributed by atoms with Crippen LogP contribution in [0.25, 0.3) is 0 Å². The zero-order valence-corrected chi connectivity index (χ0v) is 14.2. The number of para-hydroxylation sites is 1. The van der Waals surface area contributed by atoms with Crippen LogP contribution in [0.2, 0.25) is 5.02 Å². The largest absolute Gasteiger partial charge is 0.495 e. The summed E-state index contributed by atoms with van der Waals surface area (Å²) in [5.74, 6) is 0.861. The lowest BCUT2D eigenvalue weighted by molar-refractivity contribution is -0.122. The lowest BCUT2D eigenvalue weighted by Crippen LogP contribution is -2.32. The summed E-state index contributed by atoms with van der Waals surface area (Å²) in [6.45, 7) is 3.83. The molecule has 0 aliphatic heterocycles. The third-order valence-corrected chi connectivity index (χ3v) is 3.69. The molecule has 0 unspecified atom stereocenters. The van der Waals surface area contributed by atoms with E-state index in [9.17, 15) is 4.79 Å². The number of carbonyl (C=O) groups excluding carboxylic acids is 1. The first-order valence-corrected chi connectivity index (χ1v) is 7.79. The number of hydrogen-bond acceptors (Lipinski definition) is 3. The average Bonchev–Trinajstić information content (AvgIpc) is 2.54. The Morgan fingerprint density at radius 1 is 1.22 bits per heavy atom. The maximum Gasteiger partial charge on any atom is 0.265 e. The van der Waals surface area contributed by atoms with Crippen LogP contribution in [0.5, 0.6) is 11.5 Å². The number of rotatable bonds is 6. The lowest BCUT2D eigenvalue weighted by atomic mass is 10.2. The van der Waals surface area contributed by atoms with Crippen molar-refractivity contribution in [2.45, 2.75) is 26.4 Å². The molecule has 0 spiro atoms. The normalized spacial score (nSPS) is 11.7. The number of halogens is 1. The number of carbonyl (C=O) groups is 1. The molecule has 2 aromatic rings. The van der Waals surface area contributed by atoms with Gasteiger partial charge in [0, 0.05) is 0 Å². The SMILES string of the molecule is CC[C@@H](Oc1ccccc1Cl)C(=O)Nc1cc(C)ccc1OC. The van der Waals surface area contributed by atoms with Gasteiger partial charge in [-0.25, -0.2) is 0 Å². The molecular formula is C18H20ClNO3. The maximum atomic E-state index is 12.5. The van der Waals surface area contributed by atoms with E-state index in [1.54, 1.807) is 19.2 Å². The van der Waals surface area contributed by atoms with E-state index in [0.717, 1.165) is 5.56 Å². The van der Waals surface area contributed by atoms with Crippen LogP contribution < -0.4 is 14.8 Å². The Morgan fingerprint density at radius 3 is 2.61 bits per heavy atom. The van der Waals surface area contributed by atoms with Gasteiger partial charge in [0.2, 0.25) is 0 Å². The number of amides is 1. The number of benzene rings is 2. The second kappa shape index (κ2) is 7.88. The highest BCUT2D eigenvalue weighted by Gasteiger charge is 2.20. The Bertz CT molecular complexity index is 688. The minimum atomic E-state index is -0.639. The molecule has 0 bridgehead atoms. The number of methoxy groups -OCH3 is 1. The Kier molecular flexibility index (Phi) is 5.88. The first-order valence-electron chi connectivity index (χ1n) is 7.41. The summed E-state index contributed by atoms with van der Waals surface area (Å²) in [5, 5.41) is 3.34. The fourth-order valence-corrected chi connectivity index (χ4v) is 2.33. The molecule has 1 amide bonds. The van der Waals surface area contributed by atoms with Crippen LogP contribution in [-0.2, 0) is 4.79 Å². The van der Waals surface area contributed by atoms with Crippen molar-refractivity contribution in [2.24, 2.45) is 0 Å². The van der Waals surface area contributed by atoms with E-state index in [4.69, 9.17) is 21.1 Å². The highest BCUT2D eigenvalue weighted by molar-refractivity contribution is 6.32. The summed E-state index contributed by atoms with van der Waals surface area (Å²) >= 11 is 6.08. The minimum Gasteiger partial charge on any atom is -0.495 e. The van der Waals surface area contributed by atoms with Gasteiger partial charge < -0.3 is 14.8 Å². The van der Waals surface area contributed by atoms with Gasteiger partial charge in [0.15, 0.2) is 6.10 Å². The van der Waals surface area contributed by atoms with Crippen LogP contribution in [0.3, 0.4) is 0 Å². The standard InChI is InChI=1S/C18H20ClNO3/c1-4-15(23-16-8-6-5-7-13(16)19)18(21)20-14-11-12(2)9-10-17(14)22-3/h5-11,15H,4H2,1-3H3,(H,20,21)/t15-/m1/s1. The first kappa shape index (κ1) is 17.2. The molecule has 5 heteroatoms. The molecule has 0 aliphatic rings. The highest BCUT2D eigenvalue weighted by Crippen LogP contribution is 2.27. The third kappa shape index (κ3) is 4.39. The summed E-state index contributed by atoms with van der Waals surface area (Å²) in [6, 6.07) is 12.7. The summed E-state index contributed by atoms with van der Waals surface area (Å²) in [7, 11) is 1.57. The molecule has 23 heavy (non-hydrogen) atoms. The molecule has 0 aromatic heterocycles. The molecule has 0 heterocycles. The number of hydrogen-bond donors (Lipinski definition) is 1. The number of anilines is 1. The van der Waals surface area contributed by atoms with E-state index in [1.807, 2.05) is 44.2 Å². The smallest absolute Gasteiger partial charge is 0.265 e. The number of aryl methyl sites for hydroxylation is 1. The van der Waals surface area contributed by atoms with Crippen LogP contribution in [0.1, 0.15) is 18.9 Å². The zero-order valence-electron chi connectivity index (χ0n) is 13.4. The van der Waals surface area contributed by atoms with Gasteiger partial charge in [-0.05, 0) is 43.2 Å². The van der Waals surface area contributed by atoms with Crippen molar-refractivity contribution in [2.75, 3.05) is 12.4 Å². The molecule has 0 saturated heterocycles. The van der Waals surface area contributed by atoms with Crippen molar-refractivity contribution in [1.29, 1.82) is 0 Å². The van der Waals surface area contributed by atoms with Gasteiger partial charge in [-0.2, -0.15) is 0 Å². The van der Waals surface area contributed by atoms with Gasteiger partial charge in [0.1, 0.15) is 11.5 Å². The summed E-state index contributed by atoms with van der Waals surface area (Å²) in [6.07, 6.45) is -0.120. The van der Waals surface area contributed by atoms with Gasteiger partial charge >= 0.3 is 0 Å². The molecule has 0 aliphatic carbocycles. The minimum absolute atomic E-state index is 0.240. The third-order valence-electron chi connectivity index (χ3n) is 3.38. The fourth-order valence-electron chi connectivity index (χ4n) is 2.15. The van der Waals surface area contributed by atoms with Gasteiger partial charge in [0.05, 0.1) is 17.8 Å². The Balaban J connectivity index is 2.15. The lowest BCUT2D eigenvalue weighted by Gasteiger charge is -2.19. The van der Waals surface area contributed by atoms with Crippen molar-refractivity contribution in [1.82, 2.24) is 0 Å². The van der Waals surface area contributed by atoms with Crippen molar-refractivity contribution in [3.05, 3.63) is 53.1 Å². The van der Waals surface area contributed by atoms with E-state index in [0.29, 0.717) is 28.6 Å². The Morgan fingerprint density at radius 2 is 1.96 bits per heavy atom. The topological polar surface area (TPSA) is 47.6 Å². The first-order chi connectivity index (χ1) is 11.0. The number of nitrogens with one attached hydrogen (secondary N) is 1. The van der Waals surface area contributed by atoms with Crippen molar-refractivity contribution in [3.63, 3.8) is 0 Å². The van der Waals surface area contributed by atoms with Crippen LogP contribution in [0.4, 0.5) is 5.69 Å². The van der Waals surface area contributed by atoms with Crippen LogP contribution in [0, 0.1) is 6.92 Å². The van der Waals surface area contributed by atoms with E-state index in [1.165, 1.54) is 0 Å². The molecule has 2 rings (SSSR count). The predicted octanol–water partition coefficient (Wildman–Crippen LogP) is 4.45. The molecule has 1 N–H and O–H groups in total. The molecule has 0 saturated carbocycles. The quantitative estimate of drug-likeness (QED) is 0.849. The van der Waals surface area contributed by atoms with Crippen LogP contribution >= 0.6 is 11.6 Å². The monoisotopic (exact) mass is 333 g/mol. The Hall–Kier alpha value is -2.20. The van der Waals surface area contributed by atoms with Crippen LogP contribution in [0.15, 0.2) is 42.5 Å². The van der Waals surface area contributed by atoms with E-state index in [2.05, 4.69) is 5.32 Å². The summed E-state index contributed by atoms with van der Waals surface area (Å²) in [4.78, 5) is 12.5. The van der Waals surface area contributed by atoms with E-state index < -0.39 is 6.10 Å². The van der Waals surface area contributed by atoms with Gasteiger partial charge in [-0.3, -0.25) is 4.79 Å². The summed E-state index contributed by atoms with van der Waals surface area (Å²) < 4.78 is 11.0. The molecule has 0 radical (unpaired) electrons. The molecular weight excluding hydrogens is 314 g/mol. The average molecular weight is 334 g/mol. The molecule has 0 fully saturated rings. The van der Waals surface area contributed by atoms with Crippen molar-refractivity contribution >= 4 is 23.2 Å². The van der Waals surface area contributed by atoms with Gasteiger partial charge in [-0.1, -0.05) is 36.7 Å².